The Morgan fingerprint density at radius 3 is 2.71 bits per heavy atom. The molecule has 2 aromatic carbocycles. The van der Waals surface area contributed by atoms with Gasteiger partial charge in [0.05, 0.1) is 24.4 Å². The Labute approximate surface area is 218 Å². The second-order valence-corrected chi connectivity index (χ2v) is 11.9. The number of fused-ring (bicyclic) bond motifs is 1. The summed E-state index contributed by atoms with van der Waals surface area (Å²) < 4.78 is 34.9. The highest BCUT2D eigenvalue weighted by Crippen LogP contribution is 2.40. The molecule has 2 aromatic rings. The number of carbonyl (C=O) groups excluding carboxylic acids is 2. The number of nitrogens with one attached hydrogen (secondary N) is 1. The number of rotatable bonds is 6. The summed E-state index contributed by atoms with van der Waals surface area (Å²) in [7, 11) is -2.46. The van der Waals surface area contributed by atoms with Crippen LogP contribution in [0.2, 0.25) is 5.02 Å². The SMILES string of the molecule is CCC(=O)N1CCc2cc(Br)cc(S(=O)(=O)N3CCCC(C(=O)Nc4cc(Cl)ccc4OC)C3)c21. The monoisotopic (exact) mass is 583 g/mol. The van der Waals surface area contributed by atoms with Gasteiger partial charge in [-0.2, -0.15) is 4.31 Å². The molecule has 0 radical (unpaired) electrons. The van der Waals surface area contributed by atoms with Crippen molar-refractivity contribution < 1.29 is 22.7 Å². The number of methoxy groups -OCH3 is 1. The molecule has 2 amide bonds. The normalized spacial score (nSPS) is 18.3. The first kappa shape index (κ1) is 25.9. The first-order valence-electron chi connectivity index (χ1n) is 11.4. The average Bonchev–Trinajstić information content (AvgIpc) is 3.26. The van der Waals surface area contributed by atoms with Gasteiger partial charge in [0.1, 0.15) is 10.6 Å². The van der Waals surface area contributed by atoms with Gasteiger partial charge < -0.3 is 15.0 Å². The number of benzene rings is 2. The van der Waals surface area contributed by atoms with Crippen molar-refractivity contribution in [1.82, 2.24) is 4.31 Å². The number of amides is 2. The van der Waals surface area contributed by atoms with Crippen molar-refractivity contribution in [2.24, 2.45) is 5.92 Å². The lowest BCUT2D eigenvalue weighted by molar-refractivity contribution is -0.121. The van der Waals surface area contributed by atoms with Crippen LogP contribution in [0.15, 0.2) is 39.7 Å². The topological polar surface area (TPSA) is 96.0 Å². The fourth-order valence-corrected chi connectivity index (χ4v) is 7.25. The fourth-order valence-electron chi connectivity index (χ4n) is 4.63. The number of nitrogens with zero attached hydrogens (tertiary/aromatic N) is 2. The summed E-state index contributed by atoms with van der Waals surface area (Å²) in [6.07, 6.45) is 1.97. The van der Waals surface area contributed by atoms with Crippen LogP contribution in [0.25, 0.3) is 0 Å². The first-order chi connectivity index (χ1) is 16.6. The molecule has 2 aliphatic heterocycles. The number of anilines is 2. The van der Waals surface area contributed by atoms with Gasteiger partial charge in [0.2, 0.25) is 21.8 Å². The molecule has 0 saturated carbocycles. The highest BCUT2D eigenvalue weighted by molar-refractivity contribution is 9.10. The molecular formula is C24H27BrClN3O5S. The predicted molar refractivity (Wildman–Crippen MR) is 139 cm³/mol. The van der Waals surface area contributed by atoms with E-state index in [1.165, 1.54) is 11.4 Å². The highest BCUT2D eigenvalue weighted by Gasteiger charge is 2.38. The maximum Gasteiger partial charge on any atom is 0.245 e. The van der Waals surface area contributed by atoms with Crippen molar-refractivity contribution in [2.75, 3.05) is 37.0 Å². The Morgan fingerprint density at radius 2 is 2.00 bits per heavy atom. The van der Waals surface area contributed by atoms with Crippen molar-refractivity contribution >= 4 is 60.7 Å². The molecule has 4 rings (SSSR count). The molecule has 11 heteroatoms. The number of hydrogen-bond acceptors (Lipinski definition) is 5. The minimum absolute atomic E-state index is 0.0417. The third-order valence-electron chi connectivity index (χ3n) is 6.39. The molecule has 1 saturated heterocycles. The van der Waals surface area contributed by atoms with Gasteiger partial charge >= 0.3 is 0 Å². The molecule has 0 spiro atoms. The van der Waals surface area contributed by atoms with Crippen molar-refractivity contribution in [3.05, 3.63) is 45.4 Å². The average molecular weight is 585 g/mol. The Morgan fingerprint density at radius 1 is 1.23 bits per heavy atom. The summed E-state index contributed by atoms with van der Waals surface area (Å²) in [5.41, 5.74) is 1.71. The molecule has 0 aliphatic carbocycles. The van der Waals surface area contributed by atoms with E-state index in [1.807, 2.05) is 6.07 Å². The number of halogens is 2. The lowest BCUT2D eigenvalue weighted by atomic mass is 9.98. The van der Waals surface area contributed by atoms with E-state index in [0.29, 0.717) is 59.0 Å². The van der Waals surface area contributed by atoms with Gasteiger partial charge in [-0.15, -0.1) is 0 Å². The smallest absolute Gasteiger partial charge is 0.245 e. The number of hydrogen-bond donors (Lipinski definition) is 1. The molecule has 188 valence electrons. The summed E-state index contributed by atoms with van der Waals surface area (Å²) in [5.74, 6) is -0.495. The molecule has 1 fully saturated rings. The lowest BCUT2D eigenvalue weighted by Gasteiger charge is -2.32. The maximum atomic E-state index is 13.8. The van der Waals surface area contributed by atoms with Crippen LogP contribution in [0.4, 0.5) is 11.4 Å². The van der Waals surface area contributed by atoms with E-state index in [2.05, 4.69) is 21.2 Å². The van der Waals surface area contributed by atoms with Crippen LogP contribution in [0.5, 0.6) is 5.75 Å². The number of piperidine rings is 1. The van der Waals surface area contributed by atoms with E-state index in [1.54, 1.807) is 36.1 Å². The summed E-state index contributed by atoms with van der Waals surface area (Å²) >= 11 is 9.50. The summed E-state index contributed by atoms with van der Waals surface area (Å²) in [6.45, 7) is 2.55. The minimum atomic E-state index is -3.96. The number of sulfonamides is 1. The van der Waals surface area contributed by atoms with Crippen LogP contribution in [-0.4, -0.2) is 51.3 Å². The van der Waals surface area contributed by atoms with Crippen molar-refractivity contribution in [2.45, 2.75) is 37.5 Å². The second-order valence-electron chi connectivity index (χ2n) is 8.60. The standard InChI is InChI=1S/C24H27BrClN3O5S/c1-3-22(30)29-10-8-15-11-17(25)12-21(23(15)29)35(32,33)28-9-4-5-16(14-28)24(31)27-19-13-18(26)6-7-20(19)34-2/h6-7,11-13,16H,3-5,8-10,14H2,1-2H3,(H,27,31). The summed E-state index contributed by atoms with van der Waals surface area (Å²) in [6, 6.07) is 8.33. The zero-order chi connectivity index (χ0) is 25.3. The predicted octanol–water partition coefficient (Wildman–Crippen LogP) is 4.45. The van der Waals surface area contributed by atoms with Gasteiger partial charge in [-0.25, -0.2) is 8.42 Å². The Balaban J connectivity index is 1.60. The number of carbonyl (C=O) groups is 2. The van der Waals surface area contributed by atoms with E-state index in [9.17, 15) is 18.0 Å². The van der Waals surface area contributed by atoms with E-state index >= 15 is 0 Å². The first-order valence-corrected chi connectivity index (χ1v) is 14.0. The molecule has 0 aromatic heterocycles. The van der Waals surface area contributed by atoms with E-state index in [-0.39, 0.29) is 29.7 Å². The van der Waals surface area contributed by atoms with Gasteiger partial charge in [0, 0.05) is 35.6 Å². The molecular weight excluding hydrogens is 558 g/mol. The van der Waals surface area contributed by atoms with Crippen molar-refractivity contribution in [3.8, 4) is 5.75 Å². The molecule has 0 bridgehead atoms. The van der Waals surface area contributed by atoms with Crippen LogP contribution >= 0.6 is 27.5 Å². The Bertz CT molecular complexity index is 1270. The van der Waals surface area contributed by atoms with Gasteiger partial charge in [-0.05, 0) is 55.2 Å². The summed E-state index contributed by atoms with van der Waals surface area (Å²) in [5, 5.41) is 3.28. The second kappa shape index (κ2) is 10.5. The molecule has 8 nitrogen and oxygen atoms in total. The van der Waals surface area contributed by atoms with Gasteiger partial charge in [0.25, 0.3) is 0 Å². The molecule has 1 unspecified atom stereocenters. The molecule has 1 atom stereocenters. The molecule has 2 aliphatic rings. The zero-order valence-electron chi connectivity index (χ0n) is 19.5. The molecule has 1 N–H and O–H groups in total. The van der Waals surface area contributed by atoms with E-state index in [4.69, 9.17) is 16.3 Å². The number of ether oxygens (including phenoxy) is 1. The largest absolute Gasteiger partial charge is 0.495 e. The third-order valence-corrected chi connectivity index (χ3v) is 8.96. The van der Waals surface area contributed by atoms with Crippen LogP contribution in [0, 0.1) is 5.92 Å². The quantitative estimate of drug-likeness (QED) is 0.541. The maximum absolute atomic E-state index is 13.8. The van der Waals surface area contributed by atoms with Gasteiger partial charge in [-0.1, -0.05) is 34.5 Å². The van der Waals surface area contributed by atoms with Crippen LogP contribution in [-0.2, 0) is 26.0 Å². The Hall–Kier alpha value is -2.14. The van der Waals surface area contributed by atoms with Crippen molar-refractivity contribution in [3.63, 3.8) is 0 Å². The van der Waals surface area contributed by atoms with Gasteiger partial charge in [0.15, 0.2) is 0 Å². The molecule has 35 heavy (non-hydrogen) atoms. The van der Waals surface area contributed by atoms with Crippen LogP contribution < -0.4 is 15.0 Å². The van der Waals surface area contributed by atoms with E-state index < -0.39 is 15.9 Å². The van der Waals surface area contributed by atoms with Gasteiger partial charge in [-0.3, -0.25) is 9.59 Å². The minimum Gasteiger partial charge on any atom is -0.495 e. The van der Waals surface area contributed by atoms with Crippen molar-refractivity contribution in [1.29, 1.82) is 0 Å². The zero-order valence-corrected chi connectivity index (χ0v) is 22.7. The molecule has 2 heterocycles. The Kier molecular flexibility index (Phi) is 7.75. The summed E-state index contributed by atoms with van der Waals surface area (Å²) in [4.78, 5) is 27.3. The lowest BCUT2D eigenvalue weighted by Crippen LogP contribution is -2.44. The third kappa shape index (κ3) is 5.21. The fraction of sp³-hybridized carbons (Fsp3) is 0.417. The highest BCUT2D eigenvalue weighted by atomic mass is 79.9. The van der Waals surface area contributed by atoms with Crippen LogP contribution in [0.1, 0.15) is 31.7 Å². The van der Waals surface area contributed by atoms with Crippen LogP contribution in [0.3, 0.4) is 0 Å². The van der Waals surface area contributed by atoms with E-state index in [0.717, 1.165) is 5.56 Å².